The zero-order valence-corrected chi connectivity index (χ0v) is 32.0. The van der Waals surface area contributed by atoms with Gasteiger partial charge in [0.15, 0.2) is 0 Å². The van der Waals surface area contributed by atoms with Gasteiger partial charge < -0.3 is 4.90 Å². The van der Waals surface area contributed by atoms with Crippen molar-refractivity contribution in [3.63, 3.8) is 0 Å². The summed E-state index contributed by atoms with van der Waals surface area (Å²) in [7, 11) is 0. The van der Waals surface area contributed by atoms with Gasteiger partial charge in [0.1, 0.15) is 0 Å². The molecule has 0 saturated carbocycles. The first-order valence-electron chi connectivity index (χ1n) is 19.8. The van der Waals surface area contributed by atoms with Gasteiger partial charge in [0.25, 0.3) is 0 Å². The zero-order valence-electron chi connectivity index (χ0n) is 32.0. The molecule has 1 heteroatoms. The van der Waals surface area contributed by atoms with Crippen molar-refractivity contribution in [3.8, 4) is 33.4 Å². The first kappa shape index (κ1) is 33.1. The highest BCUT2D eigenvalue weighted by Gasteiger charge is 2.21. The van der Waals surface area contributed by atoms with E-state index in [1.54, 1.807) is 0 Å². The van der Waals surface area contributed by atoms with Crippen LogP contribution < -0.4 is 4.90 Å². The van der Waals surface area contributed by atoms with Gasteiger partial charge in [0.05, 0.1) is 0 Å². The molecule has 0 aromatic heterocycles. The molecule has 0 aliphatic carbocycles. The van der Waals surface area contributed by atoms with Crippen LogP contribution in [0.1, 0.15) is 11.1 Å². The maximum atomic E-state index is 2.42. The van der Waals surface area contributed by atoms with Gasteiger partial charge in [-0.3, -0.25) is 0 Å². The van der Waals surface area contributed by atoms with Gasteiger partial charge in [-0.1, -0.05) is 164 Å². The Morgan fingerprint density at radius 3 is 1.32 bits per heavy atom. The maximum absolute atomic E-state index is 2.42. The van der Waals surface area contributed by atoms with Crippen molar-refractivity contribution in [2.45, 2.75) is 13.8 Å². The molecule has 1 nitrogen and oxygen atoms in total. The first-order chi connectivity index (χ1) is 28.1. The number of fused-ring (bicyclic) bond motifs is 2. The summed E-state index contributed by atoms with van der Waals surface area (Å²) in [6.07, 6.45) is 0. The Labute approximate surface area is 333 Å². The highest BCUT2D eigenvalue weighted by Crippen LogP contribution is 2.48. The number of benzene rings is 11. The number of rotatable bonds is 6. The Bertz CT molecular complexity index is 3180. The Hall–Kier alpha value is -7.22. The second-order valence-corrected chi connectivity index (χ2v) is 15.3. The fraction of sp³-hybridized carbons (Fsp3) is 0.0357. The van der Waals surface area contributed by atoms with E-state index >= 15 is 0 Å². The molecular weight excluding hydrogens is 687 g/mol. The van der Waals surface area contributed by atoms with E-state index in [1.807, 2.05) is 0 Å². The van der Waals surface area contributed by atoms with E-state index in [0.717, 1.165) is 17.1 Å². The summed E-state index contributed by atoms with van der Waals surface area (Å²) in [5.41, 5.74) is 13.6. The molecule has 57 heavy (non-hydrogen) atoms. The third-order valence-electron chi connectivity index (χ3n) is 12.0. The highest BCUT2D eigenvalue weighted by atomic mass is 15.1. The molecule has 0 atom stereocenters. The summed E-state index contributed by atoms with van der Waals surface area (Å²) in [5.74, 6) is 0. The fourth-order valence-electron chi connectivity index (χ4n) is 9.45. The number of nitrogens with zero attached hydrogens (tertiary/aromatic N) is 1. The van der Waals surface area contributed by atoms with Gasteiger partial charge in [-0.2, -0.15) is 0 Å². The predicted molar refractivity (Wildman–Crippen MR) is 246 cm³/mol. The van der Waals surface area contributed by atoms with Crippen LogP contribution in [0.4, 0.5) is 17.1 Å². The van der Waals surface area contributed by atoms with Crippen LogP contribution in [-0.4, -0.2) is 0 Å². The molecule has 0 radical (unpaired) electrons. The Morgan fingerprint density at radius 1 is 0.298 bits per heavy atom. The van der Waals surface area contributed by atoms with Crippen molar-refractivity contribution in [3.05, 3.63) is 211 Å². The largest absolute Gasteiger partial charge is 0.311 e. The van der Waals surface area contributed by atoms with Crippen molar-refractivity contribution in [2.75, 3.05) is 4.90 Å². The number of hydrogen-bond acceptors (Lipinski definition) is 1. The second kappa shape index (κ2) is 13.2. The van der Waals surface area contributed by atoms with Crippen LogP contribution in [0, 0.1) is 13.8 Å². The normalized spacial score (nSPS) is 11.7. The standard InChI is InChI=1S/C56H39N/c1-36-35-52(37(2)34-51(36)38-26-30-44(31-27-38)57(42-16-5-3-6-17-42)43-18-7-4-8-19-43)56-47-22-11-9-20-45(47)55(46-21-10-12-23-48(46)56)50-33-29-41-25-24-39-14-13-15-40-28-32-49(50)54(41)53(39)40/h3-35H,1-2H3. The first-order valence-corrected chi connectivity index (χ1v) is 19.8. The molecule has 0 aliphatic rings. The minimum atomic E-state index is 1.13. The van der Waals surface area contributed by atoms with E-state index in [0.29, 0.717) is 0 Å². The van der Waals surface area contributed by atoms with Gasteiger partial charge in [-0.25, -0.2) is 0 Å². The molecule has 0 N–H and O–H groups in total. The van der Waals surface area contributed by atoms with E-state index < -0.39 is 0 Å². The Kier molecular flexibility index (Phi) is 7.69. The molecule has 0 heterocycles. The highest BCUT2D eigenvalue weighted by molar-refractivity contribution is 6.29. The van der Waals surface area contributed by atoms with Crippen LogP contribution in [0.25, 0.3) is 87.2 Å². The summed E-state index contributed by atoms with van der Waals surface area (Å²) in [4.78, 5) is 2.31. The number of anilines is 3. The maximum Gasteiger partial charge on any atom is 0.0462 e. The summed E-state index contributed by atoms with van der Waals surface area (Å²) in [6, 6.07) is 73.6. The fourth-order valence-corrected chi connectivity index (χ4v) is 9.45. The zero-order chi connectivity index (χ0) is 38.0. The lowest BCUT2D eigenvalue weighted by atomic mass is 9.82. The van der Waals surface area contributed by atoms with Crippen LogP contribution in [0.5, 0.6) is 0 Å². The van der Waals surface area contributed by atoms with E-state index in [4.69, 9.17) is 0 Å². The van der Waals surface area contributed by atoms with Crippen LogP contribution in [0.2, 0.25) is 0 Å². The van der Waals surface area contributed by atoms with Gasteiger partial charge in [0, 0.05) is 17.1 Å². The molecule has 11 rings (SSSR count). The van der Waals surface area contributed by atoms with Crippen molar-refractivity contribution in [1.29, 1.82) is 0 Å². The van der Waals surface area contributed by atoms with Gasteiger partial charge in [0.2, 0.25) is 0 Å². The van der Waals surface area contributed by atoms with E-state index in [1.165, 1.54) is 98.4 Å². The summed E-state index contributed by atoms with van der Waals surface area (Å²) < 4.78 is 0. The molecule has 0 aliphatic heterocycles. The average molecular weight is 726 g/mol. The molecule has 0 fully saturated rings. The molecule has 268 valence electrons. The Morgan fingerprint density at radius 2 is 0.737 bits per heavy atom. The van der Waals surface area contributed by atoms with E-state index in [-0.39, 0.29) is 0 Å². The van der Waals surface area contributed by atoms with E-state index in [2.05, 4.69) is 219 Å². The second-order valence-electron chi connectivity index (χ2n) is 15.3. The topological polar surface area (TPSA) is 3.24 Å². The van der Waals surface area contributed by atoms with Crippen molar-refractivity contribution in [1.82, 2.24) is 0 Å². The third-order valence-corrected chi connectivity index (χ3v) is 12.0. The van der Waals surface area contributed by atoms with Crippen molar-refractivity contribution in [2.24, 2.45) is 0 Å². The molecule has 0 saturated heterocycles. The molecule has 0 bridgehead atoms. The smallest absolute Gasteiger partial charge is 0.0462 e. The predicted octanol–water partition coefficient (Wildman–Crippen LogP) is 16.0. The molecule has 0 amide bonds. The van der Waals surface area contributed by atoms with Crippen LogP contribution >= 0.6 is 0 Å². The van der Waals surface area contributed by atoms with Gasteiger partial charge in [-0.05, 0) is 149 Å². The minimum absolute atomic E-state index is 1.13. The van der Waals surface area contributed by atoms with E-state index in [9.17, 15) is 0 Å². The summed E-state index contributed by atoms with van der Waals surface area (Å²) in [6.45, 7) is 4.54. The number of hydrogen-bond donors (Lipinski definition) is 0. The third kappa shape index (κ3) is 5.31. The summed E-state index contributed by atoms with van der Waals surface area (Å²) >= 11 is 0. The molecule has 0 unspecified atom stereocenters. The minimum Gasteiger partial charge on any atom is -0.311 e. The van der Waals surface area contributed by atoms with Crippen LogP contribution in [-0.2, 0) is 0 Å². The molecule has 0 spiro atoms. The number of aryl methyl sites for hydroxylation is 2. The molecule has 11 aromatic rings. The Balaban J connectivity index is 1.06. The van der Waals surface area contributed by atoms with Crippen molar-refractivity contribution < 1.29 is 0 Å². The van der Waals surface area contributed by atoms with Crippen LogP contribution in [0.15, 0.2) is 200 Å². The lowest BCUT2D eigenvalue weighted by molar-refractivity contribution is 1.28. The number of para-hydroxylation sites is 2. The average Bonchev–Trinajstić information content (AvgIpc) is 3.27. The lowest BCUT2D eigenvalue weighted by Gasteiger charge is -2.25. The van der Waals surface area contributed by atoms with Gasteiger partial charge >= 0.3 is 0 Å². The molecular formula is C56H39N. The van der Waals surface area contributed by atoms with Crippen LogP contribution in [0.3, 0.4) is 0 Å². The lowest BCUT2D eigenvalue weighted by Crippen LogP contribution is -2.09. The molecule has 11 aromatic carbocycles. The quantitative estimate of drug-likeness (QED) is 0.122. The summed E-state index contributed by atoms with van der Waals surface area (Å²) in [5, 5.41) is 13.0. The SMILES string of the molecule is Cc1cc(-c2c3ccccc3c(-c3ccc4ccc5cccc6ccc3c4c56)c3ccccc23)c(C)cc1-c1ccc(N(c2ccccc2)c2ccccc2)cc1. The monoisotopic (exact) mass is 725 g/mol. The van der Waals surface area contributed by atoms with Gasteiger partial charge in [-0.15, -0.1) is 0 Å². The van der Waals surface area contributed by atoms with Crippen molar-refractivity contribution >= 4 is 70.9 Å².